The van der Waals surface area contributed by atoms with Crippen molar-refractivity contribution in [2.24, 2.45) is 0 Å². The number of hydrogen-bond donors (Lipinski definition) is 0. The summed E-state index contributed by atoms with van der Waals surface area (Å²) < 4.78 is 265. The van der Waals surface area contributed by atoms with Gasteiger partial charge in [0.1, 0.15) is 23.3 Å². The smallest absolute Gasteiger partial charge is 0.201 e. The average Bonchev–Trinajstić information content (AvgIpc) is 3.03. The van der Waals surface area contributed by atoms with Gasteiger partial charge in [-0.25, -0.2) is 79.0 Å². The quantitative estimate of drug-likeness (QED) is 0.0563. The van der Waals surface area contributed by atoms with E-state index in [2.05, 4.69) is 0 Å². The van der Waals surface area contributed by atoms with Gasteiger partial charge in [0, 0.05) is 10.8 Å². The molecular weight excluding hydrogens is 689 g/mol. The highest BCUT2D eigenvalue weighted by atomic mass is 19.2. The van der Waals surface area contributed by atoms with Gasteiger partial charge in [-0.15, -0.1) is 0 Å². The summed E-state index contributed by atoms with van der Waals surface area (Å²) in [6, 6.07) is 0. The third-order valence-corrected chi connectivity index (χ3v) is 7.30. The molecule has 0 saturated heterocycles. The fraction of sp³-hybridized carbons (Fsp3) is 0. The van der Waals surface area contributed by atoms with E-state index >= 15 is 26.3 Å². The lowest BCUT2D eigenvalue weighted by molar-refractivity contribution is 0.414. The monoisotopic (exact) mass is 689 g/mol. The fourth-order valence-corrected chi connectivity index (χ4v) is 5.23. The van der Waals surface area contributed by atoms with Crippen LogP contribution in [0.3, 0.4) is 0 Å². The van der Waals surface area contributed by atoms with E-state index in [1.165, 1.54) is 0 Å². The van der Waals surface area contributed by atoms with Crippen molar-refractivity contribution in [3.05, 3.63) is 105 Å². The molecule has 0 aromatic heterocycles. The molecule has 0 unspecified atom stereocenters. The highest BCUT2D eigenvalue weighted by Crippen LogP contribution is 2.40. The molecule has 0 heterocycles. The van der Waals surface area contributed by atoms with Crippen LogP contribution in [0.1, 0.15) is 0 Å². The summed E-state index contributed by atoms with van der Waals surface area (Å²) in [5, 5.41) is -17.6. The SMILES string of the molecule is Fc1c(F)c(F)c2c(F)c3c([B]c4c(F)c(F)c(F)c5c(F)c6c(F)c(F)c(F)c(F)c6c(F)c45)c(F)c(F)c(F)c3c(F)c2c1F. The molecule has 0 aliphatic heterocycles. The molecule has 0 amide bonds. The van der Waals surface area contributed by atoms with Gasteiger partial charge in [-0.05, 0) is 10.9 Å². The Balaban J connectivity index is 1.85. The summed E-state index contributed by atoms with van der Waals surface area (Å²) in [5.41, 5.74) is -4.27. The van der Waals surface area contributed by atoms with Gasteiger partial charge >= 0.3 is 0 Å². The zero-order valence-corrected chi connectivity index (χ0v) is 21.4. The molecule has 0 saturated carbocycles. The second-order valence-corrected chi connectivity index (χ2v) is 9.62. The topological polar surface area (TPSA) is 0 Å². The van der Waals surface area contributed by atoms with Crippen LogP contribution in [0.15, 0.2) is 0 Å². The second-order valence-electron chi connectivity index (χ2n) is 9.62. The Hall–Kier alpha value is -4.84. The zero-order valence-electron chi connectivity index (χ0n) is 21.4. The predicted molar refractivity (Wildman–Crippen MR) is 127 cm³/mol. The molecule has 47 heavy (non-hydrogen) atoms. The van der Waals surface area contributed by atoms with Crippen molar-refractivity contribution < 1.29 is 79.0 Å². The minimum Gasteiger partial charge on any atom is -0.206 e. The molecule has 6 rings (SSSR count). The minimum atomic E-state index is -2.88. The molecule has 0 nitrogen and oxygen atoms in total. The van der Waals surface area contributed by atoms with E-state index in [-0.39, 0.29) is 0 Å². The Morgan fingerprint density at radius 3 is 0.574 bits per heavy atom. The van der Waals surface area contributed by atoms with Crippen LogP contribution in [0.4, 0.5) is 79.0 Å². The van der Waals surface area contributed by atoms with Crippen LogP contribution in [-0.2, 0) is 0 Å². The average molecular weight is 689 g/mol. The van der Waals surface area contributed by atoms with Gasteiger partial charge < -0.3 is 0 Å². The maximum Gasteiger partial charge on any atom is 0.201 e. The van der Waals surface area contributed by atoms with E-state index in [0.717, 1.165) is 0 Å². The van der Waals surface area contributed by atoms with Gasteiger partial charge in [0.25, 0.3) is 0 Å². The zero-order chi connectivity index (χ0) is 34.9. The third-order valence-electron chi connectivity index (χ3n) is 7.30. The van der Waals surface area contributed by atoms with E-state index in [0.29, 0.717) is 0 Å². The van der Waals surface area contributed by atoms with Crippen LogP contribution in [0, 0.1) is 105 Å². The van der Waals surface area contributed by atoms with Gasteiger partial charge in [0.05, 0.1) is 32.3 Å². The molecule has 6 aromatic rings. The van der Waals surface area contributed by atoms with Crippen LogP contribution in [0.5, 0.6) is 0 Å². The summed E-state index contributed by atoms with van der Waals surface area (Å²) in [4.78, 5) is 0. The van der Waals surface area contributed by atoms with Gasteiger partial charge in [0.2, 0.25) is 7.28 Å². The maximum absolute atomic E-state index is 15.7. The summed E-state index contributed by atoms with van der Waals surface area (Å²) in [6.45, 7) is 0. The van der Waals surface area contributed by atoms with E-state index < -0.39 is 166 Å². The Bertz CT molecular complexity index is 2300. The second kappa shape index (κ2) is 10.3. The maximum atomic E-state index is 15.7. The summed E-state index contributed by atoms with van der Waals surface area (Å²) in [5.74, 6) is -49.6. The predicted octanol–water partition coefficient (Wildman–Crippen LogP) is 8.46. The van der Waals surface area contributed by atoms with Crippen molar-refractivity contribution in [2.75, 3.05) is 0 Å². The molecule has 0 spiro atoms. The molecule has 0 atom stereocenters. The van der Waals surface area contributed by atoms with Gasteiger partial charge in [0.15, 0.2) is 81.4 Å². The van der Waals surface area contributed by atoms with Crippen molar-refractivity contribution in [3.8, 4) is 0 Å². The minimum absolute atomic E-state index is 0.550. The lowest BCUT2D eigenvalue weighted by atomic mass is 9.60. The number of rotatable bonds is 2. The van der Waals surface area contributed by atoms with Crippen LogP contribution >= 0.6 is 0 Å². The lowest BCUT2D eigenvalue weighted by Gasteiger charge is -2.18. The normalized spacial score (nSPS) is 12.0. The van der Waals surface area contributed by atoms with E-state index in [1.54, 1.807) is 0 Å². The summed E-state index contributed by atoms with van der Waals surface area (Å²) >= 11 is 0. The molecule has 6 aromatic carbocycles. The largest absolute Gasteiger partial charge is 0.206 e. The van der Waals surface area contributed by atoms with Crippen LogP contribution in [0.25, 0.3) is 43.1 Å². The molecule has 0 aliphatic carbocycles. The molecule has 0 aliphatic rings. The van der Waals surface area contributed by atoms with Crippen molar-refractivity contribution in [2.45, 2.75) is 0 Å². The third kappa shape index (κ3) is 3.90. The van der Waals surface area contributed by atoms with Gasteiger partial charge in [-0.2, -0.15) is 0 Å². The number of fused-ring (bicyclic) bond motifs is 4. The number of benzene rings is 6. The molecule has 0 fully saturated rings. The first-order valence-corrected chi connectivity index (χ1v) is 12.0. The first-order chi connectivity index (χ1) is 21.9. The molecule has 241 valence electrons. The van der Waals surface area contributed by atoms with Crippen molar-refractivity contribution >= 4 is 61.3 Å². The standard InChI is InChI=1S/C28BF18/c30-11-1-3(13(32)7-5(11)17(36)25(44)27(46)19(7)38)15(34)23(42)21(40)9(1)29-10-2-4(16(35)24(43)22(10)41)14(33)8-6(12(2)31)18(37)26(45)28(47)20(8)39. The van der Waals surface area contributed by atoms with Crippen LogP contribution in [-0.4, -0.2) is 7.28 Å². The van der Waals surface area contributed by atoms with Crippen molar-refractivity contribution in [3.63, 3.8) is 0 Å². The molecule has 0 bridgehead atoms. The first kappa shape index (κ1) is 32.1. The highest BCUT2D eigenvalue weighted by molar-refractivity contribution is 6.72. The van der Waals surface area contributed by atoms with Gasteiger partial charge in [-0.3, -0.25) is 0 Å². The van der Waals surface area contributed by atoms with E-state index in [4.69, 9.17) is 0 Å². The summed E-state index contributed by atoms with van der Waals surface area (Å²) in [7, 11) is -0.550. The first-order valence-electron chi connectivity index (χ1n) is 12.0. The Labute approximate surface area is 245 Å². The van der Waals surface area contributed by atoms with E-state index in [1.807, 2.05) is 0 Å². The van der Waals surface area contributed by atoms with Gasteiger partial charge in [-0.1, -0.05) is 0 Å². The number of hydrogen-bond acceptors (Lipinski definition) is 0. The molecule has 19 heteroatoms. The Morgan fingerprint density at radius 2 is 0.340 bits per heavy atom. The lowest BCUT2D eigenvalue weighted by Crippen LogP contribution is -2.36. The van der Waals surface area contributed by atoms with Crippen LogP contribution in [0.2, 0.25) is 0 Å². The Kier molecular flexibility index (Phi) is 7.06. The fourth-order valence-electron chi connectivity index (χ4n) is 5.23. The molecule has 0 N–H and O–H groups in total. The highest BCUT2D eigenvalue weighted by Gasteiger charge is 2.36. The molecular formula is C28BF18. The Morgan fingerprint density at radius 1 is 0.170 bits per heavy atom. The summed E-state index contributed by atoms with van der Waals surface area (Å²) in [6.07, 6.45) is 0. The van der Waals surface area contributed by atoms with E-state index in [9.17, 15) is 52.7 Å². The molecule has 1 radical (unpaired) electrons. The van der Waals surface area contributed by atoms with Crippen LogP contribution < -0.4 is 10.9 Å². The van der Waals surface area contributed by atoms with Crippen molar-refractivity contribution in [1.29, 1.82) is 0 Å². The number of halogens is 18. The van der Waals surface area contributed by atoms with Crippen molar-refractivity contribution in [1.82, 2.24) is 0 Å².